The van der Waals surface area contributed by atoms with E-state index in [2.05, 4.69) is 28.5 Å². The molecule has 0 fully saturated rings. The maximum atomic E-state index is 6.30. The van der Waals surface area contributed by atoms with E-state index in [0.717, 1.165) is 22.6 Å². The lowest BCUT2D eigenvalue weighted by molar-refractivity contribution is 0.303. The molecule has 0 spiro atoms. The van der Waals surface area contributed by atoms with E-state index in [1.165, 1.54) is 10.8 Å². The Hall–Kier alpha value is -2.59. The van der Waals surface area contributed by atoms with Gasteiger partial charge in [-0.05, 0) is 41.1 Å². The molecule has 4 rings (SSSR count). The van der Waals surface area contributed by atoms with Crippen LogP contribution in [-0.2, 0) is 19.7 Å². The van der Waals surface area contributed by atoms with Crippen molar-refractivity contribution in [1.29, 1.82) is 0 Å². The van der Waals surface area contributed by atoms with Gasteiger partial charge in [0.15, 0.2) is 0 Å². The van der Waals surface area contributed by atoms with Crippen LogP contribution in [0.1, 0.15) is 16.8 Å². The van der Waals surface area contributed by atoms with Gasteiger partial charge in [-0.15, -0.1) is 0 Å². The maximum absolute atomic E-state index is 6.30. The minimum absolute atomic E-state index is 0.377. The molecule has 3 aromatic carbocycles. The van der Waals surface area contributed by atoms with Crippen molar-refractivity contribution < 1.29 is 4.74 Å². The number of hydrogen-bond donors (Lipinski definition) is 1. The van der Waals surface area contributed by atoms with Crippen molar-refractivity contribution in [3.63, 3.8) is 0 Å². The Labute approximate surface area is 180 Å². The van der Waals surface area contributed by atoms with Gasteiger partial charge < -0.3 is 10.1 Å². The van der Waals surface area contributed by atoms with E-state index in [1.807, 2.05) is 48.5 Å². The fraction of sp³-hybridized carbons (Fsp3) is 0.125. The molecule has 0 aliphatic heterocycles. The fourth-order valence-corrected chi connectivity index (χ4v) is 3.71. The average Bonchev–Trinajstić information content (AvgIpc) is 2.74. The Bertz CT molecular complexity index is 1120. The van der Waals surface area contributed by atoms with Crippen molar-refractivity contribution in [2.75, 3.05) is 0 Å². The Morgan fingerprint density at radius 1 is 0.862 bits per heavy atom. The molecule has 1 heterocycles. The third-order valence-corrected chi connectivity index (χ3v) is 5.32. The number of nitrogens with zero attached hydrogens (tertiary/aromatic N) is 1. The molecule has 0 saturated carbocycles. The van der Waals surface area contributed by atoms with E-state index in [-0.39, 0.29) is 0 Å². The minimum Gasteiger partial charge on any atom is -0.488 e. The number of nitrogens with one attached hydrogen (secondary N) is 1. The number of ether oxygens (including phenoxy) is 1. The molecule has 1 N–H and O–H groups in total. The van der Waals surface area contributed by atoms with Gasteiger partial charge in [-0.3, -0.25) is 4.98 Å². The SMILES string of the molecule is Clc1ccc(COc2ccc3ccccc3c2CNCc2ccccn2)c(Cl)c1. The summed E-state index contributed by atoms with van der Waals surface area (Å²) in [5, 5.41) is 7.05. The Morgan fingerprint density at radius 3 is 2.55 bits per heavy atom. The third kappa shape index (κ3) is 4.88. The maximum Gasteiger partial charge on any atom is 0.124 e. The molecule has 0 atom stereocenters. The van der Waals surface area contributed by atoms with Gasteiger partial charge in [0.25, 0.3) is 0 Å². The van der Waals surface area contributed by atoms with Crippen LogP contribution in [0.4, 0.5) is 0 Å². The van der Waals surface area contributed by atoms with Crippen LogP contribution in [0.15, 0.2) is 79.0 Å². The Kier molecular flexibility index (Phi) is 6.30. The third-order valence-electron chi connectivity index (χ3n) is 4.73. The highest BCUT2D eigenvalue weighted by molar-refractivity contribution is 6.35. The molecule has 0 radical (unpaired) electrons. The van der Waals surface area contributed by atoms with Crippen LogP contribution < -0.4 is 10.1 Å². The molecule has 0 bridgehead atoms. The molecular weight excluding hydrogens is 403 g/mol. The zero-order valence-corrected chi connectivity index (χ0v) is 17.3. The van der Waals surface area contributed by atoms with Crippen LogP contribution in [0.5, 0.6) is 5.75 Å². The molecule has 0 aliphatic carbocycles. The van der Waals surface area contributed by atoms with E-state index < -0.39 is 0 Å². The van der Waals surface area contributed by atoms with Crippen LogP contribution in [-0.4, -0.2) is 4.98 Å². The number of fused-ring (bicyclic) bond motifs is 1. The van der Waals surface area contributed by atoms with Crippen molar-refractivity contribution in [3.8, 4) is 5.75 Å². The molecule has 0 amide bonds. The lowest BCUT2D eigenvalue weighted by Crippen LogP contribution is -2.15. The second kappa shape index (κ2) is 9.27. The normalized spacial score (nSPS) is 11.0. The number of aromatic nitrogens is 1. The van der Waals surface area contributed by atoms with Gasteiger partial charge in [0.2, 0.25) is 0 Å². The summed E-state index contributed by atoms with van der Waals surface area (Å²) in [7, 11) is 0. The minimum atomic E-state index is 0.377. The lowest BCUT2D eigenvalue weighted by Gasteiger charge is -2.16. The molecule has 0 saturated heterocycles. The molecule has 3 nitrogen and oxygen atoms in total. The molecule has 5 heteroatoms. The summed E-state index contributed by atoms with van der Waals surface area (Å²) in [6.07, 6.45) is 1.80. The summed E-state index contributed by atoms with van der Waals surface area (Å²) >= 11 is 12.3. The molecule has 29 heavy (non-hydrogen) atoms. The molecule has 4 aromatic rings. The average molecular weight is 423 g/mol. The largest absolute Gasteiger partial charge is 0.488 e. The topological polar surface area (TPSA) is 34.1 Å². The second-order valence-corrected chi connectivity index (χ2v) is 7.56. The summed E-state index contributed by atoms with van der Waals surface area (Å²) in [6.45, 7) is 1.73. The number of hydrogen-bond acceptors (Lipinski definition) is 3. The van der Waals surface area contributed by atoms with E-state index in [0.29, 0.717) is 29.7 Å². The van der Waals surface area contributed by atoms with Crippen molar-refractivity contribution in [2.45, 2.75) is 19.7 Å². The highest BCUT2D eigenvalue weighted by Crippen LogP contribution is 2.30. The molecule has 1 aromatic heterocycles. The highest BCUT2D eigenvalue weighted by atomic mass is 35.5. The summed E-state index contributed by atoms with van der Waals surface area (Å²) in [5.41, 5.74) is 3.02. The summed E-state index contributed by atoms with van der Waals surface area (Å²) < 4.78 is 6.17. The Balaban J connectivity index is 1.56. The van der Waals surface area contributed by atoms with Gasteiger partial charge in [0.05, 0.1) is 5.69 Å². The molecule has 0 aliphatic rings. The standard InChI is InChI=1S/C24H20Cl2N2O/c25-19-10-8-18(23(26)13-19)16-29-24-11-9-17-5-1-2-7-21(17)22(24)15-27-14-20-6-3-4-12-28-20/h1-13,27H,14-16H2. The number of benzene rings is 3. The van der Waals surface area contributed by atoms with E-state index in [1.54, 1.807) is 12.3 Å². The van der Waals surface area contributed by atoms with Gasteiger partial charge in [0, 0.05) is 40.5 Å². The van der Waals surface area contributed by atoms with Crippen molar-refractivity contribution >= 4 is 34.0 Å². The van der Waals surface area contributed by atoms with Crippen LogP contribution in [0.3, 0.4) is 0 Å². The van der Waals surface area contributed by atoms with Gasteiger partial charge in [-0.2, -0.15) is 0 Å². The van der Waals surface area contributed by atoms with Gasteiger partial charge >= 0.3 is 0 Å². The number of halogens is 2. The van der Waals surface area contributed by atoms with Crippen LogP contribution in [0.2, 0.25) is 10.0 Å². The molecular formula is C24H20Cl2N2O. The summed E-state index contributed by atoms with van der Waals surface area (Å²) in [4.78, 5) is 4.37. The van der Waals surface area contributed by atoms with Crippen molar-refractivity contribution in [3.05, 3.63) is 106 Å². The Morgan fingerprint density at radius 2 is 1.72 bits per heavy atom. The first kappa shape index (κ1) is 19.7. The highest BCUT2D eigenvalue weighted by Gasteiger charge is 2.10. The predicted octanol–water partition coefficient (Wildman–Crippen LogP) is 6.41. The number of pyridine rings is 1. The quantitative estimate of drug-likeness (QED) is 0.373. The molecule has 0 unspecified atom stereocenters. The van der Waals surface area contributed by atoms with Crippen LogP contribution in [0, 0.1) is 0 Å². The molecule has 146 valence electrons. The number of rotatable bonds is 7. The zero-order chi connectivity index (χ0) is 20.1. The first-order valence-corrected chi connectivity index (χ1v) is 10.1. The van der Waals surface area contributed by atoms with Crippen molar-refractivity contribution in [1.82, 2.24) is 10.3 Å². The van der Waals surface area contributed by atoms with Crippen molar-refractivity contribution in [2.24, 2.45) is 0 Å². The van der Waals surface area contributed by atoms with E-state index >= 15 is 0 Å². The summed E-state index contributed by atoms with van der Waals surface area (Å²) in [5.74, 6) is 0.836. The first-order valence-electron chi connectivity index (χ1n) is 9.39. The second-order valence-electron chi connectivity index (χ2n) is 6.71. The predicted molar refractivity (Wildman–Crippen MR) is 120 cm³/mol. The van der Waals surface area contributed by atoms with Gasteiger partial charge in [0.1, 0.15) is 12.4 Å². The van der Waals surface area contributed by atoms with Crippen LogP contribution >= 0.6 is 23.2 Å². The summed E-state index contributed by atoms with van der Waals surface area (Å²) in [6, 6.07) is 23.8. The van der Waals surface area contributed by atoms with Gasteiger partial charge in [-0.1, -0.05) is 65.7 Å². The monoisotopic (exact) mass is 422 g/mol. The van der Waals surface area contributed by atoms with E-state index in [9.17, 15) is 0 Å². The zero-order valence-electron chi connectivity index (χ0n) is 15.7. The lowest BCUT2D eigenvalue weighted by atomic mass is 10.0. The van der Waals surface area contributed by atoms with Crippen LogP contribution in [0.25, 0.3) is 10.8 Å². The van der Waals surface area contributed by atoms with Gasteiger partial charge in [-0.25, -0.2) is 0 Å². The van der Waals surface area contributed by atoms with E-state index in [4.69, 9.17) is 27.9 Å². The smallest absolute Gasteiger partial charge is 0.124 e. The first-order chi connectivity index (χ1) is 14.2. The fourth-order valence-electron chi connectivity index (χ4n) is 3.25.